The van der Waals surface area contributed by atoms with Gasteiger partial charge in [-0.3, -0.25) is 0 Å². The van der Waals surface area contributed by atoms with Gasteiger partial charge in [0.2, 0.25) is 0 Å². The molecule has 2 rings (SSSR count). The molecule has 0 saturated carbocycles. The van der Waals surface area contributed by atoms with E-state index in [9.17, 15) is 9.50 Å². The molecule has 0 aliphatic carbocycles. The van der Waals surface area contributed by atoms with Crippen LogP contribution < -0.4 is 5.32 Å². The molecule has 0 aromatic heterocycles. The van der Waals surface area contributed by atoms with E-state index >= 15 is 0 Å². The van der Waals surface area contributed by atoms with Gasteiger partial charge in [-0.05, 0) is 51.0 Å². The number of nitrogens with one attached hydrogen (secondary N) is 1. The van der Waals surface area contributed by atoms with Crippen molar-refractivity contribution in [1.29, 1.82) is 0 Å². The van der Waals surface area contributed by atoms with Crippen molar-refractivity contribution < 1.29 is 9.50 Å². The molecular weight excluding hydrogens is 243 g/mol. The number of anilines is 1. The number of likely N-dealkylation sites (tertiary alicyclic amines) is 1. The number of rotatable bonds is 4. The summed E-state index contributed by atoms with van der Waals surface area (Å²) in [5.41, 5.74) is 0.594. The fourth-order valence-corrected chi connectivity index (χ4v) is 2.63. The molecule has 1 aromatic rings. The fraction of sp³-hybridized carbons (Fsp3) is 0.600. The predicted molar refractivity (Wildman–Crippen MR) is 75.8 cm³/mol. The Morgan fingerprint density at radius 2 is 1.84 bits per heavy atom. The van der Waals surface area contributed by atoms with E-state index in [2.05, 4.69) is 24.1 Å². The lowest BCUT2D eigenvalue weighted by Crippen LogP contribution is -2.53. The van der Waals surface area contributed by atoms with Crippen molar-refractivity contribution >= 4 is 5.69 Å². The molecule has 0 bridgehead atoms. The zero-order chi connectivity index (χ0) is 13.9. The van der Waals surface area contributed by atoms with Crippen LogP contribution in [0.3, 0.4) is 0 Å². The Hall–Kier alpha value is -1.13. The van der Waals surface area contributed by atoms with Gasteiger partial charge in [0.25, 0.3) is 0 Å². The third-order valence-electron chi connectivity index (χ3n) is 4.04. The number of benzene rings is 1. The van der Waals surface area contributed by atoms with E-state index in [-0.39, 0.29) is 18.0 Å². The van der Waals surface area contributed by atoms with Gasteiger partial charge in [-0.1, -0.05) is 0 Å². The summed E-state index contributed by atoms with van der Waals surface area (Å²) in [6, 6.07) is 6.87. The van der Waals surface area contributed by atoms with E-state index in [1.54, 1.807) is 12.1 Å². The van der Waals surface area contributed by atoms with Crippen molar-refractivity contribution in [2.45, 2.75) is 38.3 Å². The van der Waals surface area contributed by atoms with Gasteiger partial charge in [0.05, 0.1) is 12.1 Å². The Labute approximate surface area is 114 Å². The number of piperidine rings is 1. The predicted octanol–water partition coefficient (Wildman–Crippen LogP) is 2.47. The first-order valence-electron chi connectivity index (χ1n) is 6.93. The minimum atomic E-state index is -0.275. The van der Waals surface area contributed by atoms with Crippen LogP contribution in [0, 0.1) is 5.82 Å². The van der Waals surface area contributed by atoms with Gasteiger partial charge in [-0.2, -0.15) is 0 Å². The molecular formula is C15H23FN2O. The summed E-state index contributed by atoms with van der Waals surface area (Å²) >= 11 is 0. The van der Waals surface area contributed by atoms with Gasteiger partial charge in [-0.25, -0.2) is 4.39 Å². The summed E-state index contributed by atoms with van der Waals surface area (Å²) < 4.78 is 12.9. The molecule has 1 aliphatic heterocycles. The standard InChI is InChI=1S/C15H23FN2O/c1-12(2)18-9-7-15(11-19,8-10-18)17-14-5-3-13(16)4-6-14/h3-6,12,17,19H,7-11H2,1-2H3. The van der Waals surface area contributed by atoms with Gasteiger partial charge in [0.1, 0.15) is 5.82 Å². The zero-order valence-electron chi connectivity index (χ0n) is 11.7. The maximum absolute atomic E-state index is 12.9. The monoisotopic (exact) mass is 266 g/mol. The molecule has 0 radical (unpaired) electrons. The average molecular weight is 266 g/mol. The molecule has 19 heavy (non-hydrogen) atoms. The number of aliphatic hydroxyl groups excluding tert-OH is 1. The van der Waals surface area contributed by atoms with Gasteiger partial charge in [0.15, 0.2) is 0 Å². The molecule has 1 aliphatic rings. The van der Waals surface area contributed by atoms with E-state index in [0.717, 1.165) is 31.6 Å². The summed E-state index contributed by atoms with van der Waals surface area (Å²) in [7, 11) is 0. The fourth-order valence-electron chi connectivity index (χ4n) is 2.63. The maximum atomic E-state index is 12.9. The first-order valence-corrected chi connectivity index (χ1v) is 6.93. The molecule has 4 heteroatoms. The normalized spacial score (nSPS) is 19.6. The molecule has 3 nitrogen and oxygen atoms in total. The summed E-state index contributed by atoms with van der Waals surface area (Å²) in [5.74, 6) is -0.238. The molecule has 106 valence electrons. The zero-order valence-corrected chi connectivity index (χ0v) is 11.7. The molecule has 1 fully saturated rings. The number of hydrogen-bond acceptors (Lipinski definition) is 3. The Morgan fingerprint density at radius 1 is 1.26 bits per heavy atom. The quantitative estimate of drug-likeness (QED) is 0.879. The van der Waals surface area contributed by atoms with Gasteiger partial charge < -0.3 is 15.3 Å². The maximum Gasteiger partial charge on any atom is 0.123 e. The van der Waals surface area contributed by atoms with Gasteiger partial charge >= 0.3 is 0 Å². The molecule has 0 atom stereocenters. The molecule has 0 unspecified atom stereocenters. The van der Waals surface area contributed by atoms with Crippen molar-refractivity contribution in [2.75, 3.05) is 25.0 Å². The van der Waals surface area contributed by atoms with Crippen molar-refractivity contribution in [3.63, 3.8) is 0 Å². The molecule has 0 spiro atoms. The van der Waals surface area contributed by atoms with E-state index in [0.29, 0.717) is 6.04 Å². The van der Waals surface area contributed by atoms with E-state index in [1.807, 2.05) is 0 Å². The molecule has 1 heterocycles. The highest BCUT2D eigenvalue weighted by Gasteiger charge is 2.34. The Kier molecular flexibility index (Phi) is 4.42. The SMILES string of the molecule is CC(C)N1CCC(CO)(Nc2ccc(F)cc2)CC1. The van der Waals surface area contributed by atoms with Crippen molar-refractivity contribution in [3.8, 4) is 0 Å². The second-order valence-corrected chi connectivity index (χ2v) is 5.70. The van der Waals surface area contributed by atoms with Crippen LogP contribution in [0.15, 0.2) is 24.3 Å². The molecule has 1 aromatic carbocycles. The summed E-state index contributed by atoms with van der Waals surface area (Å²) in [5, 5.41) is 13.1. The molecule has 0 amide bonds. The average Bonchev–Trinajstić information content (AvgIpc) is 2.42. The van der Waals surface area contributed by atoms with Crippen LogP contribution in [-0.2, 0) is 0 Å². The molecule has 2 N–H and O–H groups in total. The number of hydrogen-bond donors (Lipinski definition) is 2. The minimum absolute atomic E-state index is 0.107. The lowest BCUT2D eigenvalue weighted by molar-refractivity contribution is 0.101. The Bertz CT molecular complexity index is 397. The van der Waals surface area contributed by atoms with Crippen LogP contribution >= 0.6 is 0 Å². The van der Waals surface area contributed by atoms with E-state index in [1.165, 1.54) is 12.1 Å². The largest absolute Gasteiger partial charge is 0.394 e. The van der Waals surface area contributed by atoms with Crippen molar-refractivity contribution in [1.82, 2.24) is 4.90 Å². The van der Waals surface area contributed by atoms with Crippen LogP contribution in [0.25, 0.3) is 0 Å². The third kappa shape index (κ3) is 3.45. The third-order valence-corrected chi connectivity index (χ3v) is 4.04. The number of nitrogens with zero attached hydrogens (tertiary/aromatic N) is 1. The first-order chi connectivity index (χ1) is 9.04. The summed E-state index contributed by atoms with van der Waals surface area (Å²) in [6.45, 7) is 6.45. The first kappa shape index (κ1) is 14.3. The minimum Gasteiger partial charge on any atom is -0.394 e. The smallest absolute Gasteiger partial charge is 0.123 e. The lowest BCUT2D eigenvalue weighted by atomic mass is 9.87. The van der Waals surface area contributed by atoms with Gasteiger partial charge in [-0.15, -0.1) is 0 Å². The summed E-state index contributed by atoms with van der Waals surface area (Å²) in [6.07, 6.45) is 1.80. The van der Waals surface area contributed by atoms with Crippen molar-refractivity contribution in [2.24, 2.45) is 0 Å². The highest BCUT2D eigenvalue weighted by molar-refractivity contribution is 5.45. The van der Waals surface area contributed by atoms with E-state index < -0.39 is 0 Å². The van der Waals surface area contributed by atoms with E-state index in [4.69, 9.17) is 0 Å². The van der Waals surface area contributed by atoms with Crippen LogP contribution in [0.2, 0.25) is 0 Å². The van der Waals surface area contributed by atoms with Crippen LogP contribution in [0.4, 0.5) is 10.1 Å². The molecule has 1 saturated heterocycles. The Morgan fingerprint density at radius 3 is 2.32 bits per heavy atom. The Balaban J connectivity index is 2.02. The highest BCUT2D eigenvalue weighted by Crippen LogP contribution is 2.27. The number of halogens is 1. The van der Waals surface area contributed by atoms with Crippen molar-refractivity contribution in [3.05, 3.63) is 30.1 Å². The lowest BCUT2D eigenvalue weighted by Gasteiger charge is -2.43. The van der Waals surface area contributed by atoms with Crippen LogP contribution in [-0.4, -0.2) is 41.3 Å². The van der Waals surface area contributed by atoms with Gasteiger partial charge in [0, 0.05) is 24.8 Å². The second-order valence-electron chi connectivity index (χ2n) is 5.70. The highest BCUT2D eigenvalue weighted by atomic mass is 19.1. The number of aliphatic hydroxyl groups is 1. The second kappa shape index (κ2) is 5.88. The summed E-state index contributed by atoms with van der Waals surface area (Å²) in [4.78, 5) is 2.42. The van der Waals surface area contributed by atoms with Crippen LogP contribution in [0.1, 0.15) is 26.7 Å². The topological polar surface area (TPSA) is 35.5 Å². The van der Waals surface area contributed by atoms with Crippen LogP contribution in [0.5, 0.6) is 0 Å².